The van der Waals surface area contributed by atoms with Gasteiger partial charge in [-0.25, -0.2) is 4.57 Å². The van der Waals surface area contributed by atoms with Gasteiger partial charge in [-0.3, -0.25) is 4.98 Å². The normalized spacial score (nSPS) is 10.6. The van der Waals surface area contributed by atoms with E-state index >= 15 is 0 Å². The molecule has 0 saturated heterocycles. The molecule has 0 radical (unpaired) electrons. The van der Waals surface area contributed by atoms with Gasteiger partial charge in [0.1, 0.15) is 36.2 Å². The third-order valence-corrected chi connectivity index (χ3v) is 2.99. The molecule has 3 aromatic rings. The number of nitrogens with one attached hydrogen (secondary N) is 1. The zero-order valence-corrected chi connectivity index (χ0v) is 10.7. The molecule has 0 unspecified atom stereocenters. The fourth-order valence-corrected chi connectivity index (χ4v) is 1.98. The lowest BCUT2D eigenvalue weighted by Crippen LogP contribution is -2.49. The van der Waals surface area contributed by atoms with Gasteiger partial charge in [0.2, 0.25) is 13.0 Å². The van der Waals surface area contributed by atoms with Crippen molar-refractivity contribution < 1.29 is 13.9 Å². The predicted molar refractivity (Wildman–Crippen MR) is 68.9 cm³/mol. The zero-order valence-electron chi connectivity index (χ0n) is 10.7. The second-order valence-electron chi connectivity index (χ2n) is 4.30. The maximum absolute atomic E-state index is 5.16. The van der Waals surface area contributed by atoms with Gasteiger partial charge in [-0.15, -0.1) is 0 Å². The molecule has 1 N–H and O–H groups in total. The molecule has 0 saturated carbocycles. The number of benzene rings is 1. The van der Waals surface area contributed by atoms with Crippen LogP contribution in [0.15, 0.2) is 61.7 Å². The van der Waals surface area contributed by atoms with Crippen LogP contribution in [0.1, 0.15) is 0 Å². The van der Waals surface area contributed by atoms with E-state index in [-0.39, 0.29) is 0 Å². The average molecular weight is 256 g/mol. The summed E-state index contributed by atoms with van der Waals surface area (Å²) in [7, 11) is 1.67. The summed E-state index contributed by atoms with van der Waals surface area (Å²) in [6.07, 6.45) is 12.0. The van der Waals surface area contributed by atoms with E-state index in [4.69, 9.17) is 4.74 Å². The number of methoxy groups -OCH3 is 1. The molecule has 0 atom stereocenters. The monoisotopic (exact) mass is 256 g/mol. The Hall–Kier alpha value is -2.56. The molecule has 5 nitrogen and oxygen atoms in total. The fourth-order valence-electron chi connectivity index (χ4n) is 1.98. The van der Waals surface area contributed by atoms with Crippen molar-refractivity contribution in [2.75, 3.05) is 7.11 Å². The topological polar surface area (TPSA) is 37.7 Å². The third-order valence-electron chi connectivity index (χ3n) is 2.99. The minimum atomic E-state index is 0.784. The first kappa shape index (κ1) is 11.5. The van der Waals surface area contributed by atoms with Gasteiger partial charge in [0.25, 0.3) is 6.33 Å². The maximum Gasteiger partial charge on any atom is 0.252 e. The lowest BCUT2D eigenvalue weighted by molar-refractivity contribution is -0.912. The molecule has 0 spiro atoms. The first-order chi connectivity index (χ1) is 9.35. The van der Waals surface area contributed by atoms with E-state index in [0.29, 0.717) is 0 Å². The second-order valence-corrected chi connectivity index (χ2v) is 4.30. The number of nitrogens with zero attached hydrogens (tertiary/aromatic N) is 3. The van der Waals surface area contributed by atoms with E-state index in [2.05, 4.69) is 25.0 Å². The summed E-state index contributed by atoms with van der Waals surface area (Å²) in [5.41, 5.74) is 1.11. The fraction of sp³-hybridized carbons (Fsp3) is 0.143. The molecule has 0 aliphatic rings. The minimum Gasteiger partial charge on any atom is -0.497 e. The van der Waals surface area contributed by atoms with E-state index in [0.717, 1.165) is 18.1 Å². The quantitative estimate of drug-likeness (QED) is 0.692. The van der Waals surface area contributed by atoms with E-state index in [1.54, 1.807) is 7.11 Å². The highest BCUT2D eigenvalue weighted by Gasteiger charge is 2.08. The Balaban J connectivity index is 1.80. The smallest absolute Gasteiger partial charge is 0.252 e. The number of aromatic amines is 1. The molecule has 3 rings (SSSR count). The molecular formula is C14H16N4O+2. The summed E-state index contributed by atoms with van der Waals surface area (Å²) >= 11 is 0. The molecule has 5 heteroatoms. The summed E-state index contributed by atoms with van der Waals surface area (Å²) < 4.78 is 11.4. The largest absolute Gasteiger partial charge is 0.497 e. The van der Waals surface area contributed by atoms with Gasteiger partial charge in [0.05, 0.1) is 7.11 Å². The van der Waals surface area contributed by atoms with Gasteiger partial charge in [0, 0.05) is 0 Å². The van der Waals surface area contributed by atoms with Crippen LogP contribution in [-0.2, 0) is 6.67 Å². The Labute approximate surface area is 111 Å². The molecule has 0 aliphatic heterocycles. The molecule has 96 valence electrons. The lowest BCUT2D eigenvalue weighted by atomic mass is 10.3. The molecule has 0 aliphatic carbocycles. The molecular weight excluding hydrogens is 240 g/mol. The van der Waals surface area contributed by atoms with Crippen LogP contribution in [0.4, 0.5) is 0 Å². The van der Waals surface area contributed by atoms with Gasteiger partial charge in [-0.05, 0) is 24.3 Å². The molecule has 0 amide bonds. The molecule has 1 aromatic carbocycles. The number of imidazole rings is 2. The Morgan fingerprint density at radius 3 is 2.68 bits per heavy atom. The maximum atomic E-state index is 5.16. The van der Waals surface area contributed by atoms with Crippen LogP contribution in [0.3, 0.4) is 0 Å². The lowest BCUT2D eigenvalue weighted by Gasteiger charge is -1.99. The highest BCUT2D eigenvalue weighted by molar-refractivity contribution is 5.36. The first-order valence-electron chi connectivity index (χ1n) is 6.08. The summed E-state index contributed by atoms with van der Waals surface area (Å²) in [6, 6.07) is 7.99. The van der Waals surface area contributed by atoms with Crippen molar-refractivity contribution in [1.82, 2.24) is 9.55 Å². The summed E-state index contributed by atoms with van der Waals surface area (Å²) in [6.45, 7) is 0.784. The molecule has 19 heavy (non-hydrogen) atoms. The van der Waals surface area contributed by atoms with Crippen molar-refractivity contribution in [2.24, 2.45) is 0 Å². The molecule has 0 fully saturated rings. The van der Waals surface area contributed by atoms with Crippen molar-refractivity contribution in [2.45, 2.75) is 6.67 Å². The van der Waals surface area contributed by atoms with Crippen LogP contribution in [0.2, 0.25) is 0 Å². The van der Waals surface area contributed by atoms with Crippen LogP contribution in [0, 0.1) is 0 Å². The second kappa shape index (κ2) is 4.97. The van der Waals surface area contributed by atoms with Crippen molar-refractivity contribution in [3.8, 4) is 11.4 Å². The van der Waals surface area contributed by atoms with Gasteiger partial charge in [-0.1, -0.05) is 0 Å². The Morgan fingerprint density at radius 1 is 1.16 bits per heavy atom. The van der Waals surface area contributed by atoms with E-state index in [9.17, 15) is 0 Å². The number of rotatable bonds is 4. The van der Waals surface area contributed by atoms with Crippen molar-refractivity contribution in [3.05, 3.63) is 61.7 Å². The van der Waals surface area contributed by atoms with Gasteiger partial charge in [0.15, 0.2) is 0 Å². The van der Waals surface area contributed by atoms with Crippen molar-refractivity contribution in [3.63, 3.8) is 0 Å². The predicted octanol–water partition coefficient (Wildman–Crippen LogP) is 0.895. The third kappa shape index (κ3) is 2.49. The van der Waals surface area contributed by atoms with E-state index < -0.39 is 0 Å². The van der Waals surface area contributed by atoms with Gasteiger partial charge in [-0.2, -0.15) is 9.13 Å². The van der Waals surface area contributed by atoms with Crippen LogP contribution < -0.4 is 13.9 Å². The average Bonchev–Trinajstić information content (AvgIpc) is 3.11. The zero-order chi connectivity index (χ0) is 13.1. The van der Waals surface area contributed by atoms with Gasteiger partial charge < -0.3 is 4.74 Å². The number of ether oxygens (including phenoxy) is 1. The molecule has 2 heterocycles. The number of aromatic nitrogens is 4. The highest BCUT2D eigenvalue weighted by Crippen LogP contribution is 2.13. The Morgan fingerprint density at radius 2 is 2.00 bits per heavy atom. The summed E-state index contributed by atoms with van der Waals surface area (Å²) in [5, 5.41) is 0. The van der Waals surface area contributed by atoms with Crippen LogP contribution in [0.5, 0.6) is 5.75 Å². The number of hydrogen-bond acceptors (Lipinski definition) is 1. The van der Waals surface area contributed by atoms with Crippen LogP contribution in [0.25, 0.3) is 5.69 Å². The number of hydrogen-bond donors (Lipinski definition) is 1. The van der Waals surface area contributed by atoms with E-state index in [1.807, 2.05) is 55.4 Å². The van der Waals surface area contributed by atoms with E-state index in [1.165, 1.54) is 0 Å². The molecule has 0 bridgehead atoms. The molecule has 2 aromatic heterocycles. The van der Waals surface area contributed by atoms with Crippen LogP contribution >= 0.6 is 0 Å². The van der Waals surface area contributed by atoms with Gasteiger partial charge >= 0.3 is 0 Å². The summed E-state index contributed by atoms with van der Waals surface area (Å²) in [4.78, 5) is 3.03. The van der Waals surface area contributed by atoms with Crippen molar-refractivity contribution in [1.29, 1.82) is 0 Å². The van der Waals surface area contributed by atoms with Crippen LogP contribution in [-0.4, -0.2) is 16.7 Å². The Kier molecular flexibility index (Phi) is 3.02. The SMILES string of the molecule is COc1ccc(-n2cc[n+](C[n+]3cc[nH]c3)c2)cc1. The standard InChI is InChI=1S/C14H15N4O/c1-19-14-4-2-13(3-5-14)18-9-8-17(12-18)11-16-7-6-15-10-16/h2-10,12H,11H2,1H3/q+1/p+1. The Bertz CT molecular complexity index is 640. The summed E-state index contributed by atoms with van der Waals surface area (Å²) in [5.74, 6) is 0.867. The number of H-pyrrole nitrogens is 1. The minimum absolute atomic E-state index is 0.784. The van der Waals surface area contributed by atoms with Crippen molar-refractivity contribution >= 4 is 0 Å². The highest BCUT2D eigenvalue weighted by atomic mass is 16.5. The first-order valence-corrected chi connectivity index (χ1v) is 6.08.